The maximum Gasteiger partial charge on any atom is 0.231 e. The van der Waals surface area contributed by atoms with Crippen LogP contribution >= 0.6 is 0 Å². The second-order valence-corrected chi connectivity index (χ2v) is 4.47. The third-order valence-electron chi connectivity index (χ3n) is 3.31. The number of rotatable bonds is 4. The number of ether oxygens (including phenoxy) is 2. The van der Waals surface area contributed by atoms with Gasteiger partial charge in [0.05, 0.1) is 6.04 Å². The van der Waals surface area contributed by atoms with Gasteiger partial charge >= 0.3 is 0 Å². The zero-order chi connectivity index (χ0) is 14.0. The van der Waals surface area contributed by atoms with Crippen molar-refractivity contribution in [2.24, 2.45) is 0 Å². The van der Waals surface area contributed by atoms with Crippen molar-refractivity contribution in [2.45, 2.75) is 26.3 Å². The summed E-state index contributed by atoms with van der Waals surface area (Å²) in [6.07, 6.45) is 0.384. The first-order chi connectivity index (χ1) is 9.04. The monoisotopic (exact) mass is 263 g/mol. The molecule has 1 aliphatic heterocycles. The quantitative estimate of drug-likeness (QED) is 0.778. The molecule has 1 aliphatic rings. The molecule has 1 amide bonds. The van der Waals surface area contributed by atoms with E-state index in [-0.39, 0.29) is 18.5 Å². The molecule has 19 heavy (non-hydrogen) atoms. The fourth-order valence-corrected chi connectivity index (χ4v) is 1.93. The number of fused-ring (bicyclic) bond motifs is 1. The molecule has 1 atom stereocenters. The van der Waals surface area contributed by atoms with Crippen molar-refractivity contribution in [1.82, 2.24) is 4.90 Å². The number of amides is 1. The van der Waals surface area contributed by atoms with Crippen molar-refractivity contribution in [3.8, 4) is 11.5 Å². The van der Waals surface area contributed by atoms with Crippen molar-refractivity contribution in [1.29, 1.82) is 0 Å². The number of ketones is 1. The molecule has 0 bridgehead atoms. The maximum atomic E-state index is 12.3. The third-order valence-corrected chi connectivity index (χ3v) is 3.31. The molecule has 0 aliphatic carbocycles. The van der Waals surface area contributed by atoms with Crippen LogP contribution in [0.25, 0.3) is 0 Å². The number of likely N-dealkylation sites (N-methyl/N-ethyl adjacent to an activating group) is 1. The highest BCUT2D eigenvalue weighted by Gasteiger charge is 2.24. The number of nitrogens with zero attached hydrogens (tertiary/aromatic N) is 1. The summed E-state index contributed by atoms with van der Waals surface area (Å²) in [6, 6.07) is 4.57. The van der Waals surface area contributed by atoms with Crippen LogP contribution in [-0.4, -0.2) is 36.5 Å². The van der Waals surface area contributed by atoms with Gasteiger partial charge in [-0.25, -0.2) is 0 Å². The molecular formula is C14H17NO4. The van der Waals surface area contributed by atoms with Crippen molar-refractivity contribution in [2.75, 3.05) is 13.8 Å². The predicted molar refractivity (Wildman–Crippen MR) is 69.4 cm³/mol. The van der Waals surface area contributed by atoms with E-state index in [0.717, 1.165) is 0 Å². The van der Waals surface area contributed by atoms with E-state index in [1.807, 2.05) is 0 Å². The second-order valence-electron chi connectivity index (χ2n) is 4.47. The lowest BCUT2D eigenvalue weighted by atomic mass is 10.0. The summed E-state index contributed by atoms with van der Waals surface area (Å²) < 4.78 is 10.4. The third kappa shape index (κ3) is 2.54. The summed E-state index contributed by atoms with van der Waals surface area (Å²) in [4.78, 5) is 25.4. The van der Waals surface area contributed by atoms with Crippen molar-refractivity contribution in [3.63, 3.8) is 0 Å². The fourth-order valence-electron chi connectivity index (χ4n) is 1.93. The van der Waals surface area contributed by atoms with Gasteiger partial charge in [0.2, 0.25) is 12.7 Å². The average Bonchev–Trinajstić information content (AvgIpc) is 2.91. The van der Waals surface area contributed by atoms with Crippen LogP contribution in [0, 0.1) is 0 Å². The molecule has 0 radical (unpaired) electrons. The number of hydrogen-bond acceptors (Lipinski definition) is 4. The Bertz CT molecular complexity index is 512. The van der Waals surface area contributed by atoms with E-state index in [0.29, 0.717) is 23.5 Å². The Hall–Kier alpha value is -2.04. The first-order valence-electron chi connectivity index (χ1n) is 6.24. The molecule has 0 saturated heterocycles. The van der Waals surface area contributed by atoms with Gasteiger partial charge < -0.3 is 14.4 Å². The lowest BCUT2D eigenvalue weighted by molar-refractivity contribution is -0.130. The lowest BCUT2D eigenvalue weighted by Gasteiger charge is -2.23. The van der Waals surface area contributed by atoms with Gasteiger partial charge in [0.15, 0.2) is 17.3 Å². The van der Waals surface area contributed by atoms with E-state index < -0.39 is 6.04 Å². The summed E-state index contributed by atoms with van der Waals surface area (Å²) in [5, 5.41) is 0. The van der Waals surface area contributed by atoms with Gasteiger partial charge in [-0.2, -0.15) is 0 Å². The van der Waals surface area contributed by atoms with Gasteiger partial charge in [-0.05, 0) is 25.1 Å². The zero-order valence-corrected chi connectivity index (χ0v) is 11.3. The van der Waals surface area contributed by atoms with Gasteiger partial charge in [0, 0.05) is 19.0 Å². The second kappa shape index (κ2) is 5.30. The number of benzene rings is 1. The maximum absolute atomic E-state index is 12.3. The first kappa shape index (κ1) is 13.4. The minimum atomic E-state index is -0.493. The Morgan fingerprint density at radius 3 is 2.68 bits per heavy atom. The minimum absolute atomic E-state index is 0.0541. The van der Waals surface area contributed by atoms with E-state index in [2.05, 4.69) is 0 Å². The highest BCUT2D eigenvalue weighted by Crippen LogP contribution is 2.32. The minimum Gasteiger partial charge on any atom is -0.454 e. The highest BCUT2D eigenvalue weighted by molar-refractivity contribution is 6.02. The van der Waals surface area contributed by atoms with Gasteiger partial charge in [0.1, 0.15) is 0 Å². The molecule has 1 aromatic rings. The van der Waals surface area contributed by atoms with Crippen molar-refractivity contribution in [3.05, 3.63) is 23.8 Å². The predicted octanol–water partition coefficient (Wildman–Crippen LogP) is 1.85. The van der Waals surface area contributed by atoms with E-state index in [9.17, 15) is 9.59 Å². The Morgan fingerprint density at radius 2 is 2.00 bits per heavy atom. The van der Waals surface area contributed by atoms with Gasteiger partial charge in [0.25, 0.3) is 0 Å². The average molecular weight is 263 g/mol. The smallest absolute Gasteiger partial charge is 0.231 e. The van der Waals surface area contributed by atoms with Crippen LogP contribution in [0.5, 0.6) is 11.5 Å². The summed E-state index contributed by atoms with van der Waals surface area (Å²) >= 11 is 0. The van der Waals surface area contributed by atoms with Gasteiger partial charge in [-0.15, -0.1) is 0 Å². The number of Topliss-reactive ketones (excluding diaryl/α,β-unsaturated/α-hetero) is 1. The van der Waals surface area contributed by atoms with Gasteiger partial charge in [-0.3, -0.25) is 9.59 Å². The standard InChI is InChI=1S/C14H17NO4/c1-4-13(16)15(3)9(2)14(17)10-5-6-11-12(7-10)19-8-18-11/h5-7,9H,4,8H2,1-3H3/t9-/m1/s1. The van der Waals surface area contributed by atoms with Crippen LogP contribution in [-0.2, 0) is 4.79 Å². The van der Waals surface area contributed by atoms with Gasteiger partial charge in [-0.1, -0.05) is 6.92 Å². The molecule has 1 aromatic carbocycles. The largest absolute Gasteiger partial charge is 0.454 e. The lowest BCUT2D eigenvalue weighted by Crippen LogP contribution is -2.40. The van der Waals surface area contributed by atoms with Crippen molar-refractivity contribution < 1.29 is 19.1 Å². The summed E-state index contributed by atoms with van der Waals surface area (Å²) in [5.74, 6) is 1.05. The molecular weight excluding hydrogens is 246 g/mol. The Labute approximate surface area is 112 Å². The normalized spacial score (nSPS) is 14.1. The molecule has 102 valence electrons. The molecule has 0 unspecified atom stereocenters. The summed E-state index contributed by atoms with van der Waals surface area (Å²) in [5.41, 5.74) is 0.521. The molecule has 5 heteroatoms. The van der Waals surface area contributed by atoms with E-state index in [1.54, 1.807) is 39.1 Å². The summed E-state index contributed by atoms with van der Waals surface area (Å²) in [7, 11) is 1.64. The van der Waals surface area contributed by atoms with E-state index in [4.69, 9.17) is 9.47 Å². The molecule has 0 spiro atoms. The number of carbonyl (C=O) groups is 2. The Kier molecular flexibility index (Phi) is 3.74. The van der Waals surface area contributed by atoms with Crippen molar-refractivity contribution >= 4 is 11.7 Å². The van der Waals surface area contributed by atoms with E-state index in [1.165, 1.54) is 4.90 Å². The van der Waals surface area contributed by atoms with E-state index >= 15 is 0 Å². The first-order valence-corrected chi connectivity index (χ1v) is 6.24. The topological polar surface area (TPSA) is 55.8 Å². The molecule has 5 nitrogen and oxygen atoms in total. The van der Waals surface area contributed by atoms with Crippen LogP contribution < -0.4 is 9.47 Å². The van der Waals surface area contributed by atoms with Crippen LogP contribution in [0.4, 0.5) is 0 Å². The Morgan fingerprint density at radius 1 is 1.32 bits per heavy atom. The molecule has 2 rings (SSSR count). The molecule has 0 aromatic heterocycles. The van der Waals surface area contributed by atoms with Crippen LogP contribution in [0.15, 0.2) is 18.2 Å². The SMILES string of the molecule is CCC(=O)N(C)[C@H](C)C(=O)c1ccc2c(c1)OCO2. The summed E-state index contributed by atoms with van der Waals surface area (Å²) in [6.45, 7) is 3.67. The van der Waals surface area contributed by atoms with Crippen LogP contribution in [0.2, 0.25) is 0 Å². The molecule has 0 saturated carbocycles. The molecule has 1 heterocycles. The van der Waals surface area contributed by atoms with Crippen LogP contribution in [0.1, 0.15) is 30.6 Å². The zero-order valence-electron chi connectivity index (χ0n) is 11.3. The Balaban J connectivity index is 2.17. The number of carbonyl (C=O) groups excluding carboxylic acids is 2. The highest BCUT2D eigenvalue weighted by atomic mass is 16.7. The molecule has 0 fully saturated rings. The fraction of sp³-hybridized carbons (Fsp3) is 0.429. The van der Waals surface area contributed by atoms with Crippen LogP contribution in [0.3, 0.4) is 0 Å². The number of hydrogen-bond donors (Lipinski definition) is 0. The molecule has 0 N–H and O–H groups in total.